The largest absolute Gasteiger partial charge is 0.355 e. The number of carbonyl (C=O) groups is 1. The number of nitrogens with zero attached hydrogens (tertiary/aromatic N) is 2. The third kappa shape index (κ3) is 3.92. The Bertz CT molecular complexity index is 825. The maximum atomic E-state index is 12.1. The Labute approximate surface area is 144 Å². The van der Waals surface area contributed by atoms with Gasteiger partial charge in [0.25, 0.3) is 0 Å². The molecule has 3 rings (SSSR count). The van der Waals surface area contributed by atoms with Crippen molar-refractivity contribution >= 4 is 27.5 Å². The van der Waals surface area contributed by atoms with Crippen LogP contribution in [-0.2, 0) is 14.8 Å². The van der Waals surface area contributed by atoms with Gasteiger partial charge in [0.1, 0.15) is 12.2 Å². The fraction of sp³-hybridized carbons (Fsp3) is 0.357. The molecule has 1 saturated carbocycles. The number of rotatable bonds is 7. The molecule has 0 aliphatic heterocycles. The number of carbonyl (C=O) groups excluding carboxylic acids is 1. The molecular formula is C14H16ClN5O3S. The highest BCUT2D eigenvalue weighted by Gasteiger charge is 2.45. The van der Waals surface area contributed by atoms with E-state index in [1.807, 2.05) is 0 Å². The van der Waals surface area contributed by atoms with E-state index >= 15 is 0 Å². The molecular weight excluding hydrogens is 354 g/mol. The molecule has 1 aliphatic rings. The summed E-state index contributed by atoms with van der Waals surface area (Å²) in [7, 11) is -3.64. The second-order valence-electron chi connectivity index (χ2n) is 5.47. The molecule has 1 amide bonds. The zero-order valence-corrected chi connectivity index (χ0v) is 14.1. The first-order valence-corrected chi connectivity index (χ1v) is 9.22. The number of aromatic amines is 1. The summed E-state index contributed by atoms with van der Waals surface area (Å²) in [5.41, 5.74) is 0. The van der Waals surface area contributed by atoms with E-state index in [1.54, 1.807) is 12.1 Å². The average molecular weight is 370 g/mol. The third-order valence-corrected chi connectivity index (χ3v) is 5.43. The van der Waals surface area contributed by atoms with Crippen LogP contribution in [0, 0.1) is 5.92 Å². The molecule has 0 spiro atoms. The lowest BCUT2D eigenvalue weighted by atomic mass is 10.3. The first-order chi connectivity index (χ1) is 11.5. The van der Waals surface area contributed by atoms with Crippen LogP contribution < -0.4 is 10.0 Å². The van der Waals surface area contributed by atoms with Gasteiger partial charge in [-0.15, -0.1) is 0 Å². The Morgan fingerprint density at radius 3 is 2.92 bits per heavy atom. The molecule has 24 heavy (non-hydrogen) atoms. The maximum Gasteiger partial charge on any atom is 0.240 e. The Morgan fingerprint density at radius 2 is 2.21 bits per heavy atom. The molecule has 2 atom stereocenters. The van der Waals surface area contributed by atoms with Crippen LogP contribution >= 0.6 is 11.6 Å². The van der Waals surface area contributed by atoms with Gasteiger partial charge in [0.2, 0.25) is 15.9 Å². The van der Waals surface area contributed by atoms with Gasteiger partial charge in [-0.1, -0.05) is 17.7 Å². The number of hydrogen-bond donors (Lipinski definition) is 3. The van der Waals surface area contributed by atoms with Crippen LogP contribution in [0.1, 0.15) is 18.2 Å². The minimum absolute atomic E-state index is 0.0654. The molecule has 10 heteroatoms. The predicted molar refractivity (Wildman–Crippen MR) is 86.9 cm³/mol. The van der Waals surface area contributed by atoms with Gasteiger partial charge >= 0.3 is 0 Å². The van der Waals surface area contributed by atoms with Crippen LogP contribution in [-0.4, -0.2) is 42.6 Å². The lowest BCUT2D eigenvalue weighted by Gasteiger charge is -2.08. The molecule has 3 N–H and O–H groups in total. The summed E-state index contributed by atoms with van der Waals surface area (Å²) in [6, 6.07) is 5.99. The van der Waals surface area contributed by atoms with Crippen molar-refractivity contribution in [2.45, 2.75) is 17.2 Å². The van der Waals surface area contributed by atoms with Crippen molar-refractivity contribution in [2.75, 3.05) is 13.1 Å². The summed E-state index contributed by atoms with van der Waals surface area (Å²) in [5, 5.41) is 9.57. The average Bonchev–Trinajstić information content (AvgIpc) is 3.17. The van der Waals surface area contributed by atoms with Gasteiger partial charge in [0.05, 0.1) is 4.90 Å². The van der Waals surface area contributed by atoms with Crippen LogP contribution in [0.15, 0.2) is 35.5 Å². The summed E-state index contributed by atoms with van der Waals surface area (Å²) in [4.78, 5) is 16.1. The number of aromatic nitrogens is 3. The fourth-order valence-electron chi connectivity index (χ4n) is 2.40. The van der Waals surface area contributed by atoms with Gasteiger partial charge in [0.15, 0.2) is 0 Å². The zero-order valence-electron chi connectivity index (χ0n) is 12.6. The third-order valence-electron chi connectivity index (χ3n) is 3.73. The van der Waals surface area contributed by atoms with Crippen molar-refractivity contribution in [1.29, 1.82) is 0 Å². The smallest absolute Gasteiger partial charge is 0.240 e. The quantitative estimate of drug-likeness (QED) is 0.620. The predicted octanol–water partition coefficient (Wildman–Crippen LogP) is 0.656. The highest BCUT2D eigenvalue weighted by atomic mass is 35.5. The van der Waals surface area contributed by atoms with Crippen LogP contribution in [0.5, 0.6) is 0 Å². The van der Waals surface area contributed by atoms with Crippen molar-refractivity contribution in [3.63, 3.8) is 0 Å². The zero-order chi connectivity index (χ0) is 17.2. The second kappa shape index (κ2) is 6.88. The summed E-state index contributed by atoms with van der Waals surface area (Å²) in [6.07, 6.45) is 2.13. The monoisotopic (exact) mass is 369 g/mol. The summed E-state index contributed by atoms with van der Waals surface area (Å²) < 4.78 is 26.6. The molecule has 0 unspecified atom stereocenters. The van der Waals surface area contributed by atoms with Gasteiger partial charge in [-0.2, -0.15) is 5.10 Å². The number of amides is 1. The van der Waals surface area contributed by atoms with Gasteiger partial charge in [-0.25, -0.2) is 18.1 Å². The number of H-pyrrole nitrogens is 1. The Kier molecular flexibility index (Phi) is 4.83. The molecule has 128 valence electrons. The van der Waals surface area contributed by atoms with Crippen molar-refractivity contribution in [3.05, 3.63) is 41.4 Å². The molecule has 1 aromatic carbocycles. The van der Waals surface area contributed by atoms with Gasteiger partial charge in [0, 0.05) is 29.9 Å². The number of benzene rings is 1. The van der Waals surface area contributed by atoms with E-state index in [9.17, 15) is 13.2 Å². The summed E-state index contributed by atoms with van der Waals surface area (Å²) in [5.74, 6) is 0.522. The normalized spacial score (nSPS) is 19.9. The van der Waals surface area contributed by atoms with E-state index in [4.69, 9.17) is 11.6 Å². The van der Waals surface area contributed by atoms with E-state index in [0.29, 0.717) is 10.8 Å². The minimum atomic E-state index is -3.64. The SMILES string of the molecule is O=C(NCCNS(=O)(=O)c1cccc(Cl)c1)[C@@H]1C[C@H]1c1ncn[nH]1. The lowest BCUT2D eigenvalue weighted by molar-refractivity contribution is -0.122. The number of halogens is 1. The van der Waals surface area contributed by atoms with Crippen molar-refractivity contribution in [1.82, 2.24) is 25.2 Å². The van der Waals surface area contributed by atoms with Gasteiger partial charge in [-0.05, 0) is 24.6 Å². The van der Waals surface area contributed by atoms with E-state index in [0.717, 1.165) is 6.42 Å². The van der Waals surface area contributed by atoms with E-state index < -0.39 is 10.0 Å². The van der Waals surface area contributed by atoms with E-state index in [-0.39, 0.29) is 35.7 Å². The molecule has 1 aliphatic carbocycles. The Hall–Kier alpha value is -1.97. The minimum Gasteiger partial charge on any atom is -0.355 e. The van der Waals surface area contributed by atoms with Gasteiger partial charge < -0.3 is 5.32 Å². The Balaban J connectivity index is 1.43. The number of sulfonamides is 1. The number of nitrogens with one attached hydrogen (secondary N) is 3. The van der Waals surface area contributed by atoms with Crippen molar-refractivity contribution in [2.24, 2.45) is 5.92 Å². The van der Waals surface area contributed by atoms with E-state index in [1.165, 1.54) is 18.5 Å². The standard InChI is InChI=1S/C14H16ClN5O3S/c15-9-2-1-3-10(6-9)24(22,23)19-5-4-16-14(21)12-7-11(12)13-17-8-18-20-13/h1-3,6,8,11-12,19H,4-5,7H2,(H,16,21)(H,17,18,20)/t11-,12-/m1/s1. The topological polar surface area (TPSA) is 117 Å². The number of hydrogen-bond acceptors (Lipinski definition) is 5. The van der Waals surface area contributed by atoms with Crippen LogP contribution in [0.3, 0.4) is 0 Å². The van der Waals surface area contributed by atoms with Gasteiger partial charge in [-0.3, -0.25) is 9.89 Å². The lowest BCUT2D eigenvalue weighted by Crippen LogP contribution is -2.35. The second-order valence-corrected chi connectivity index (χ2v) is 7.67. The molecule has 1 fully saturated rings. The van der Waals surface area contributed by atoms with Crippen molar-refractivity contribution < 1.29 is 13.2 Å². The first-order valence-electron chi connectivity index (χ1n) is 7.35. The Morgan fingerprint density at radius 1 is 1.38 bits per heavy atom. The van der Waals surface area contributed by atoms with Crippen LogP contribution in [0.4, 0.5) is 0 Å². The molecule has 0 saturated heterocycles. The molecule has 8 nitrogen and oxygen atoms in total. The molecule has 1 aromatic heterocycles. The van der Waals surface area contributed by atoms with E-state index in [2.05, 4.69) is 25.2 Å². The molecule has 1 heterocycles. The maximum absolute atomic E-state index is 12.1. The molecule has 0 bridgehead atoms. The summed E-state index contributed by atoms with van der Waals surface area (Å²) in [6.45, 7) is 0.304. The van der Waals surface area contributed by atoms with Crippen LogP contribution in [0.25, 0.3) is 0 Å². The van der Waals surface area contributed by atoms with Crippen LogP contribution in [0.2, 0.25) is 5.02 Å². The highest BCUT2D eigenvalue weighted by Crippen LogP contribution is 2.45. The highest BCUT2D eigenvalue weighted by molar-refractivity contribution is 7.89. The van der Waals surface area contributed by atoms with Crippen molar-refractivity contribution in [3.8, 4) is 0 Å². The first kappa shape index (κ1) is 16.9. The molecule has 2 aromatic rings. The summed E-state index contributed by atoms with van der Waals surface area (Å²) >= 11 is 5.79. The fourth-order valence-corrected chi connectivity index (χ4v) is 3.73. The molecule has 0 radical (unpaired) electrons.